The van der Waals surface area contributed by atoms with E-state index in [2.05, 4.69) is 46.5 Å². The molecule has 0 bridgehead atoms. The summed E-state index contributed by atoms with van der Waals surface area (Å²) in [7, 11) is 0. The van der Waals surface area contributed by atoms with Gasteiger partial charge in [0.05, 0.1) is 12.2 Å². The van der Waals surface area contributed by atoms with Gasteiger partial charge in [-0.15, -0.1) is 0 Å². The molecule has 0 fully saturated rings. The number of nitrogens with zero attached hydrogens (tertiary/aromatic N) is 1. The molecule has 0 aliphatic heterocycles. The van der Waals surface area contributed by atoms with Crippen molar-refractivity contribution in [2.45, 2.75) is 27.3 Å². The monoisotopic (exact) mass is 215 g/mol. The van der Waals surface area contributed by atoms with Gasteiger partial charge < -0.3 is 10.3 Å². The van der Waals surface area contributed by atoms with Crippen molar-refractivity contribution in [3.8, 4) is 0 Å². The summed E-state index contributed by atoms with van der Waals surface area (Å²) in [5.74, 6) is 0.983. The van der Waals surface area contributed by atoms with Crippen LogP contribution in [0.15, 0.2) is 24.3 Å². The lowest BCUT2D eigenvalue weighted by Crippen LogP contribution is -2.01. The van der Waals surface area contributed by atoms with Crippen molar-refractivity contribution in [1.82, 2.24) is 9.97 Å². The van der Waals surface area contributed by atoms with Crippen molar-refractivity contribution in [2.75, 3.05) is 5.32 Å². The maximum atomic E-state index is 4.43. The highest BCUT2D eigenvalue weighted by Crippen LogP contribution is 2.11. The number of nitrogens with one attached hydrogen (secondary N) is 2. The summed E-state index contributed by atoms with van der Waals surface area (Å²) in [6.07, 6.45) is 0. The summed E-state index contributed by atoms with van der Waals surface area (Å²) in [6, 6.07) is 8.33. The molecule has 3 heteroatoms. The van der Waals surface area contributed by atoms with Gasteiger partial charge in [-0.1, -0.05) is 12.1 Å². The number of hydrogen-bond donors (Lipinski definition) is 2. The van der Waals surface area contributed by atoms with Crippen molar-refractivity contribution >= 4 is 5.69 Å². The van der Waals surface area contributed by atoms with E-state index in [-0.39, 0.29) is 0 Å². The average Bonchev–Trinajstić information content (AvgIpc) is 2.56. The van der Waals surface area contributed by atoms with E-state index in [1.165, 1.54) is 5.56 Å². The van der Waals surface area contributed by atoms with Gasteiger partial charge in [-0.05, 0) is 38.5 Å². The second-order valence-corrected chi connectivity index (χ2v) is 4.12. The zero-order valence-electron chi connectivity index (χ0n) is 9.96. The molecule has 0 aliphatic carbocycles. The Bertz CT molecular complexity index is 466. The third kappa shape index (κ3) is 2.42. The molecule has 84 valence electrons. The summed E-state index contributed by atoms with van der Waals surface area (Å²) in [5.41, 5.74) is 4.60. The molecule has 0 saturated carbocycles. The highest BCUT2D eigenvalue weighted by Gasteiger charge is 2.01. The zero-order valence-corrected chi connectivity index (χ0v) is 9.96. The van der Waals surface area contributed by atoms with Gasteiger partial charge in [-0.25, -0.2) is 4.98 Å². The van der Waals surface area contributed by atoms with Crippen molar-refractivity contribution < 1.29 is 0 Å². The first kappa shape index (κ1) is 10.7. The zero-order chi connectivity index (χ0) is 11.5. The fraction of sp³-hybridized carbons (Fsp3) is 0.308. The van der Waals surface area contributed by atoms with E-state index >= 15 is 0 Å². The Morgan fingerprint density at radius 2 is 2.06 bits per heavy atom. The predicted molar refractivity (Wildman–Crippen MR) is 66.6 cm³/mol. The van der Waals surface area contributed by atoms with Gasteiger partial charge in [0.1, 0.15) is 5.82 Å². The highest BCUT2D eigenvalue weighted by atomic mass is 15.0. The Morgan fingerprint density at radius 1 is 1.25 bits per heavy atom. The Hall–Kier alpha value is -1.77. The van der Waals surface area contributed by atoms with Crippen molar-refractivity contribution in [3.05, 3.63) is 47.0 Å². The first-order chi connectivity index (χ1) is 7.65. The van der Waals surface area contributed by atoms with E-state index < -0.39 is 0 Å². The van der Waals surface area contributed by atoms with Crippen molar-refractivity contribution in [3.63, 3.8) is 0 Å². The summed E-state index contributed by atoms with van der Waals surface area (Å²) >= 11 is 0. The summed E-state index contributed by atoms with van der Waals surface area (Å²) < 4.78 is 0. The van der Waals surface area contributed by atoms with Crippen LogP contribution in [-0.2, 0) is 6.54 Å². The Kier molecular flexibility index (Phi) is 2.95. The number of H-pyrrole nitrogens is 1. The van der Waals surface area contributed by atoms with E-state index in [0.29, 0.717) is 0 Å². The van der Waals surface area contributed by atoms with E-state index in [4.69, 9.17) is 0 Å². The Labute approximate surface area is 95.9 Å². The minimum Gasteiger partial charge on any atom is -0.378 e. The standard InChI is InChI=1S/C13H17N3/c1-9-5-4-6-12(7-9)14-8-13-15-10(2)11(3)16-13/h4-7,14H,8H2,1-3H3,(H,15,16). The second kappa shape index (κ2) is 4.39. The van der Waals surface area contributed by atoms with E-state index in [1.54, 1.807) is 0 Å². The van der Waals surface area contributed by atoms with Crippen molar-refractivity contribution in [1.29, 1.82) is 0 Å². The molecule has 0 aliphatic rings. The minimum absolute atomic E-state index is 0.734. The number of aromatic nitrogens is 2. The maximum absolute atomic E-state index is 4.43. The van der Waals surface area contributed by atoms with Gasteiger partial charge in [0.15, 0.2) is 0 Å². The SMILES string of the molecule is Cc1cccc(NCc2nc(C)c(C)[nH]2)c1. The quantitative estimate of drug-likeness (QED) is 0.826. The van der Waals surface area contributed by atoms with Gasteiger partial charge in [0, 0.05) is 11.4 Å². The lowest BCUT2D eigenvalue weighted by atomic mass is 10.2. The van der Waals surface area contributed by atoms with Crippen LogP contribution in [0.2, 0.25) is 0 Å². The van der Waals surface area contributed by atoms with Crippen LogP contribution < -0.4 is 5.32 Å². The van der Waals surface area contributed by atoms with Crippen LogP contribution in [0.1, 0.15) is 22.8 Å². The first-order valence-electron chi connectivity index (χ1n) is 5.48. The number of anilines is 1. The Balaban J connectivity index is 2.02. The van der Waals surface area contributed by atoms with Gasteiger partial charge >= 0.3 is 0 Å². The second-order valence-electron chi connectivity index (χ2n) is 4.12. The molecule has 0 radical (unpaired) electrons. The fourth-order valence-corrected chi connectivity index (χ4v) is 1.65. The van der Waals surface area contributed by atoms with E-state index in [0.717, 1.165) is 29.4 Å². The third-order valence-electron chi connectivity index (χ3n) is 2.66. The predicted octanol–water partition coefficient (Wildman–Crippen LogP) is 2.95. The maximum Gasteiger partial charge on any atom is 0.125 e. The normalized spacial score (nSPS) is 10.4. The van der Waals surface area contributed by atoms with E-state index in [1.807, 2.05) is 13.8 Å². The molecule has 1 aromatic carbocycles. The topological polar surface area (TPSA) is 40.7 Å². The first-order valence-corrected chi connectivity index (χ1v) is 5.48. The number of aryl methyl sites for hydroxylation is 3. The van der Waals surface area contributed by atoms with Crippen LogP contribution in [-0.4, -0.2) is 9.97 Å². The number of benzene rings is 1. The minimum atomic E-state index is 0.734. The highest BCUT2D eigenvalue weighted by molar-refractivity contribution is 5.45. The Morgan fingerprint density at radius 3 is 2.69 bits per heavy atom. The van der Waals surface area contributed by atoms with Gasteiger partial charge in [0.25, 0.3) is 0 Å². The fourth-order valence-electron chi connectivity index (χ4n) is 1.65. The third-order valence-corrected chi connectivity index (χ3v) is 2.66. The molecule has 0 spiro atoms. The van der Waals surface area contributed by atoms with Crippen LogP contribution >= 0.6 is 0 Å². The summed E-state index contributed by atoms with van der Waals surface area (Å²) in [5, 5.41) is 3.35. The molecule has 1 aromatic heterocycles. The van der Waals surface area contributed by atoms with Crippen LogP contribution in [0.4, 0.5) is 5.69 Å². The molecule has 2 N–H and O–H groups in total. The molecule has 2 rings (SSSR count). The number of rotatable bonds is 3. The van der Waals surface area contributed by atoms with Crippen LogP contribution in [0.5, 0.6) is 0 Å². The lowest BCUT2D eigenvalue weighted by Gasteiger charge is -2.04. The molecule has 2 aromatic rings. The van der Waals surface area contributed by atoms with Crippen LogP contribution in [0, 0.1) is 20.8 Å². The number of imidazole rings is 1. The van der Waals surface area contributed by atoms with E-state index in [9.17, 15) is 0 Å². The molecule has 0 amide bonds. The van der Waals surface area contributed by atoms with Crippen LogP contribution in [0.25, 0.3) is 0 Å². The lowest BCUT2D eigenvalue weighted by molar-refractivity contribution is 0.987. The smallest absolute Gasteiger partial charge is 0.125 e. The van der Waals surface area contributed by atoms with Gasteiger partial charge in [-0.3, -0.25) is 0 Å². The average molecular weight is 215 g/mol. The molecule has 0 atom stereocenters. The molecule has 0 saturated heterocycles. The van der Waals surface area contributed by atoms with Gasteiger partial charge in [0.2, 0.25) is 0 Å². The molecule has 1 heterocycles. The molecule has 3 nitrogen and oxygen atoms in total. The summed E-state index contributed by atoms with van der Waals surface area (Å²) in [6.45, 7) is 6.88. The summed E-state index contributed by atoms with van der Waals surface area (Å²) in [4.78, 5) is 7.69. The van der Waals surface area contributed by atoms with Crippen LogP contribution in [0.3, 0.4) is 0 Å². The van der Waals surface area contributed by atoms with Gasteiger partial charge in [-0.2, -0.15) is 0 Å². The van der Waals surface area contributed by atoms with Crippen molar-refractivity contribution in [2.24, 2.45) is 0 Å². The number of hydrogen-bond acceptors (Lipinski definition) is 2. The molecule has 16 heavy (non-hydrogen) atoms. The molecular weight excluding hydrogens is 198 g/mol. The molecule has 0 unspecified atom stereocenters. The largest absolute Gasteiger partial charge is 0.378 e. The molecular formula is C13H17N3. The number of aromatic amines is 1.